The second-order valence-corrected chi connectivity index (χ2v) is 15.5. The minimum atomic E-state index is -1.11. The molecule has 1 rings (SSSR count). The van der Waals surface area contributed by atoms with Gasteiger partial charge in [-0.1, -0.05) is 13.3 Å². The van der Waals surface area contributed by atoms with Crippen molar-refractivity contribution >= 4 is 6.16 Å². The lowest BCUT2D eigenvalue weighted by Gasteiger charge is -2.26. The van der Waals surface area contributed by atoms with E-state index in [1.807, 2.05) is 6.92 Å². The molecule has 0 aromatic heterocycles. The second kappa shape index (κ2) is 62.5. The summed E-state index contributed by atoms with van der Waals surface area (Å²) in [5, 5.41) is 144. The monoisotopic (exact) mass is 995 g/mol. The predicted octanol–water partition coefficient (Wildman–Crippen LogP) is -2.72. The number of aliphatic hydroxyl groups is 17. The van der Waals surface area contributed by atoms with Gasteiger partial charge in [-0.05, 0) is 77.0 Å². The van der Waals surface area contributed by atoms with Crippen LogP contribution in [0.3, 0.4) is 0 Å². The Balaban J connectivity index is -0.000000163. The van der Waals surface area contributed by atoms with Crippen molar-refractivity contribution < 1.29 is 115 Å². The van der Waals surface area contributed by atoms with Crippen molar-refractivity contribution in [3.8, 4) is 0 Å². The van der Waals surface area contributed by atoms with Gasteiger partial charge in [-0.25, -0.2) is 4.79 Å². The molecule has 0 saturated heterocycles. The average Bonchev–Trinajstić information content (AvgIpc) is 3.36. The summed E-state index contributed by atoms with van der Waals surface area (Å²) in [6.07, 6.45) is 8.03. The maximum Gasteiger partial charge on any atom is 0.508 e. The lowest BCUT2D eigenvalue weighted by molar-refractivity contribution is -0.0328. The highest BCUT2D eigenvalue weighted by atomic mass is 16.7. The van der Waals surface area contributed by atoms with E-state index in [2.05, 4.69) is 14.2 Å². The SMILES string of the molecule is CC(O)COC(C)CO.CCC(CO)(CO)CO.O=C(OCCCO)OCCCO.OCC(CO)(CO)CO.OCC1CCCC(CO)C1.OCCCCOCCCCO.OCCOCCO. The maximum atomic E-state index is 10.6. The Kier molecular flexibility index (Phi) is 71.8. The van der Waals surface area contributed by atoms with Gasteiger partial charge >= 0.3 is 6.16 Å². The van der Waals surface area contributed by atoms with Crippen LogP contribution in [-0.4, -0.2) is 257 Å². The van der Waals surface area contributed by atoms with Crippen LogP contribution < -0.4 is 0 Å². The molecule has 4 unspecified atom stereocenters. The molecule has 23 nitrogen and oxygen atoms in total. The standard InChI is InChI=1S/C8H18O3.C8H16O2.C7H14O5.2C6H14O3.C5H12O4.C4H10O3/c9-5-1-3-7-11-8-4-2-6-10;9-5-7-2-1-3-8(4-7)6-10;8-3-1-5-11-7(10)12-6-2-4-9;1-5(8)4-9-6(2)3-7;1-2-6(3-7,4-8)5-9;6-1-5(2-7,3-8)4-9;5-1-3-7-4-2-6/h9-10H,1-8H2;7-10H,1-6H2;8-9H,1-6H2;5-8H,3-4H2,1-2H3;7-9H,2-5H2,1H3;6-9H,1-4H2;5-6H,1-4H2. The lowest BCUT2D eigenvalue weighted by Crippen LogP contribution is -2.37. The molecule has 1 saturated carbocycles. The maximum absolute atomic E-state index is 10.6. The number of ether oxygens (including phenoxy) is 5. The van der Waals surface area contributed by atoms with Crippen molar-refractivity contribution in [1.82, 2.24) is 0 Å². The van der Waals surface area contributed by atoms with Gasteiger partial charge in [-0.3, -0.25) is 0 Å². The summed E-state index contributed by atoms with van der Waals surface area (Å²) in [4.78, 5) is 10.6. The van der Waals surface area contributed by atoms with Crippen LogP contribution in [0.1, 0.15) is 91.4 Å². The van der Waals surface area contributed by atoms with Crippen molar-refractivity contribution in [1.29, 1.82) is 0 Å². The van der Waals surface area contributed by atoms with Crippen molar-refractivity contribution in [2.45, 2.75) is 104 Å². The second-order valence-electron chi connectivity index (χ2n) is 15.5. The third-order valence-corrected chi connectivity index (χ3v) is 9.29. The third kappa shape index (κ3) is 58.7. The molecular weight excluding hydrogens is 896 g/mol. The molecule has 67 heavy (non-hydrogen) atoms. The Morgan fingerprint density at radius 1 is 0.507 bits per heavy atom. The van der Waals surface area contributed by atoms with Gasteiger partial charge in [0.05, 0.1) is 117 Å². The van der Waals surface area contributed by atoms with Crippen LogP contribution in [0, 0.1) is 22.7 Å². The fourth-order valence-corrected chi connectivity index (χ4v) is 4.32. The Morgan fingerprint density at radius 2 is 0.881 bits per heavy atom. The van der Waals surface area contributed by atoms with Gasteiger partial charge in [0.2, 0.25) is 0 Å². The van der Waals surface area contributed by atoms with E-state index in [9.17, 15) is 4.79 Å². The molecule has 4 atom stereocenters. The average molecular weight is 995 g/mol. The Bertz CT molecular complexity index is 798. The number of aliphatic hydroxyl groups excluding tert-OH is 17. The fourth-order valence-electron chi connectivity index (χ4n) is 4.32. The predicted molar refractivity (Wildman–Crippen MR) is 248 cm³/mol. The molecule has 0 spiro atoms. The number of hydrogen-bond donors (Lipinski definition) is 17. The minimum absolute atomic E-state index is 0.00667. The van der Waals surface area contributed by atoms with E-state index in [0.29, 0.717) is 64.1 Å². The largest absolute Gasteiger partial charge is 0.508 e. The quantitative estimate of drug-likeness (QED) is 0.0241. The van der Waals surface area contributed by atoms with Gasteiger partial charge in [-0.15, -0.1) is 0 Å². The van der Waals surface area contributed by atoms with Gasteiger partial charge in [-0.2, -0.15) is 0 Å². The zero-order valence-electron chi connectivity index (χ0n) is 40.9. The van der Waals surface area contributed by atoms with Crippen LogP contribution in [0.25, 0.3) is 0 Å². The number of carbonyl (C=O) groups excluding carboxylic acids is 1. The lowest BCUT2D eigenvalue weighted by atomic mass is 9.82. The summed E-state index contributed by atoms with van der Waals surface area (Å²) in [6.45, 7) is 6.98. The van der Waals surface area contributed by atoms with E-state index in [0.717, 1.165) is 58.2 Å². The molecule has 1 fully saturated rings. The Hall–Kier alpha value is -1.53. The van der Waals surface area contributed by atoms with Crippen molar-refractivity contribution in [2.75, 3.05) is 152 Å². The fraction of sp³-hybridized carbons (Fsp3) is 0.977. The number of unbranched alkanes of at least 4 members (excludes halogenated alkanes) is 2. The topological polar surface area (TPSA) is 407 Å². The first kappa shape index (κ1) is 76.9. The van der Waals surface area contributed by atoms with E-state index in [1.54, 1.807) is 13.8 Å². The molecule has 412 valence electrons. The van der Waals surface area contributed by atoms with Crippen LogP contribution >= 0.6 is 0 Å². The van der Waals surface area contributed by atoms with Gasteiger partial charge in [0.15, 0.2) is 0 Å². The van der Waals surface area contributed by atoms with Crippen molar-refractivity contribution in [3.63, 3.8) is 0 Å². The van der Waals surface area contributed by atoms with Crippen LogP contribution in [-0.2, 0) is 23.7 Å². The third-order valence-electron chi connectivity index (χ3n) is 9.29. The van der Waals surface area contributed by atoms with Crippen molar-refractivity contribution in [3.05, 3.63) is 0 Å². The van der Waals surface area contributed by atoms with Crippen molar-refractivity contribution in [2.24, 2.45) is 22.7 Å². The van der Waals surface area contributed by atoms with Gasteiger partial charge in [0.25, 0.3) is 0 Å². The summed E-state index contributed by atoms with van der Waals surface area (Å²) in [7, 11) is 0. The van der Waals surface area contributed by atoms with Gasteiger partial charge in [0, 0.05) is 71.1 Å². The Morgan fingerprint density at radius 3 is 1.13 bits per heavy atom. The molecule has 0 aliphatic heterocycles. The van der Waals surface area contributed by atoms with E-state index in [4.69, 9.17) is 96.3 Å². The summed E-state index contributed by atoms with van der Waals surface area (Å²) in [6, 6.07) is 0. The highest BCUT2D eigenvalue weighted by Gasteiger charge is 2.27. The Labute approximate surface area is 399 Å². The molecule has 1 aliphatic rings. The summed E-state index contributed by atoms with van der Waals surface area (Å²) in [5.74, 6) is 0.928. The first-order valence-electron chi connectivity index (χ1n) is 23.1. The smallest absolute Gasteiger partial charge is 0.434 e. The van der Waals surface area contributed by atoms with E-state index in [1.165, 1.54) is 6.42 Å². The van der Waals surface area contributed by atoms with Crippen LogP contribution in [0.4, 0.5) is 4.79 Å². The molecule has 1 aliphatic carbocycles. The summed E-state index contributed by atoms with van der Waals surface area (Å²) >= 11 is 0. The molecule has 0 aromatic carbocycles. The zero-order chi connectivity index (χ0) is 52.5. The van der Waals surface area contributed by atoms with Gasteiger partial charge in [0.1, 0.15) is 0 Å². The number of carbonyl (C=O) groups is 1. The van der Waals surface area contributed by atoms with Gasteiger partial charge < -0.3 is 110 Å². The zero-order valence-corrected chi connectivity index (χ0v) is 40.9. The first-order chi connectivity index (χ1) is 32.1. The summed E-state index contributed by atoms with van der Waals surface area (Å²) in [5.41, 5.74) is -1.78. The molecule has 0 heterocycles. The highest BCUT2D eigenvalue weighted by Crippen LogP contribution is 2.28. The molecule has 0 radical (unpaired) electrons. The van der Waals surface area contributed by atoms with E-state index < -0.39 is 49.5 Å². The first-order valence-corrected chi connectivity index (χ1v) is 23.1. The normalized spacial score (nSPS) is 15.0. The molecule has 0 amide bonds. The number of rotatable bonds is 32. The van der Waals surface area contributed by atoms with Crippen LogP contribution in [0.2, 0.25) is 0 Å². The summed E-state index contributed by atoms with van der Waals surface area (Å²) < 4.78 is 23.9. The molecule has 17 N–H and O–H groups in total. The van der Waals surface area contributed by atoms with Crippen LogP contribution in [0.15, 0.2) is 0 Å². The molecular formula is C44H98O23. The molecule has 23 heteroatoms. The highest BCUT2D eigenvalue weighted by molar-refractivity contribution is 5.59. The van der Waals surface area contributed by atoms with E-state index >= 15 is 0 Å². The van der Waals surface area contributed by atoms with E-state index in [-0.39, 0.29) is 85.4 Å². The number of hydrogen-bond acceptors (Lipinski definition) is 23. The molecule has 0 aromatic rings. The molecule has 0 bridgehead atoms. The van der Waals surface area contributed by atoms with Crippen LogP contribution in [0.5, 0.6) is 0 Å². The minimum Gasteiger partial charge on any atom is -0.434 e.